The highest BCUT2D eigenvalue weighted by molar-refractivity contribution is 5.37. The fourth-order valence-corrected chi connectivity index (χ4v) is 2.31. The number of aliphatic hydroxyl groups is 1. The van der Waals surface area contributed by atoms with Crippen molar-refractivity contribution in [1.29, 1.82) is 0 Å². The van der Waals surface area contributed by atoms with Gasteiger partial charge in [-0.3, -0.25) is 4.90 Å². The number of rotatable bonds is 5. The average molecular weight is 245 g/mol. The maximum Gasteiger partial charge on any atom is 0.125 e. The molecule has 3 heteroatoms. The molecule has 2 atom stereocenters. The van der Waals surface area contributed by atoms with Crippen LogP contribution in [0.2, 0.25) is 0 Å². The van der Waals surface area contributed by atoms with Gasteiger partial charge in [-0.05, 0) is 6.07 Å². The predicted octanol–water partition coefficient (Wildman–Crippen LogP) is 2.16. The smallest absolute Gasteiger partial charge is 0.125 e. The molecule has 18 heavy (non-hydrogen) atoms. The van der Waals surface area contributed by atoms with Gasteiger partial charge in [-0.2, -0.15) is 0 Å². The lowest BCUT2D eigenvalue weighted by Gasteiger charge is -2.37. The van der Waals surface area contributed by atoms with Crippen LogP contribution in [0.25, 0.3) is 0 Å². The average Bonchev–Trinajstić information content (AvgIpc) is 2.39. The second kappa shape index (κ2) is 5.85. The third kappa shape index (κ3) is 2.47. The summed E-state index contributed by atoms with van der Waals surface area (Å²) in [5.41, 5.74) is 0.854. The van der Waals surface area contributed by atoms with Crippen LogP contribution in [0.1, 0.15) is 11.7 Å². The number of aliphatic hydroxyl groups excluding tert-OH is 1. The van der Waals surface area contributed by atoms with E-state index in [9.17, 15) is 5.11 Å². The summed E-state index contributed by atoms with van der Waals surface area (Å²) in [5.74, 6) is 0.776. The molecule has 0 radical (unpaired) electrons. The maximum absolute atomic E-state index is 10.5. The second-order valence-electron chi connectivity index (χ2n) is 4.39. The molecule has 1 N–H and O–H groups in total. The van der Waals surface area contributed by atoms with Crippen molar-refractivity contribution in [2.75, 3.05) is 19.7 Å². The quantitative estimate of drug-likeness (QED) is 0.807. The van der Waals surface area contributed by atoms with E-state index in [4.69, 9.17) is 4.74 Å². The highest BCUT2D eigenvalue weighted by Crippen LogP contribution is 2.33. The Kier molecular flexibility index (Phi) is 4.18. The van der Waals surface area contributed by atoms with E-state index < -0.39 is 6.10 Å². The number of benzene rings is 1. The van der Waals surface area contributed by atoms with E-state index in [0.29, 0.717) is 19.7 Å². The van der Waals surface area contributed by atoms with E-state index in [1.165, 1.54) is 0 Å². The molecule has 1 heterocycles. The first-order valence-electron chi connectivity index (χ1n) is 6.13. The Morgan fingerprint density at radius 1 is 1.28 bits per heavy atom. The Morgan fingerprint density at radius 3 is 2.61 bits per heavy atom. The van der Waals surface area contributed by atoms with E-state index in [2.05, 4.69) is 18.1 Å². The van der Waals surface area contributed by atoms with E-state index in [-0.39, 0.29) is 6.04 Å². The van der Waals surface area contributed by atoms with Crippen LogP contribution < -0.4 is 4.74 Å². The molecule has 0 spiro atoms. The Hall–Kier alpha value is -1.58. The number of ether oxygens (including phenoxy) is 1. The summed E-state index contributed by atoms with van der Waals surface area (Å²) >= 11 is 0. The molecule has 1 aliphatic rings. The largest absolute Gasteiger partial charge is 0.491 e. The highest BCUT2D eigenvalue weighted by Gasteiger charge is 2.32. The number of fused-ring (bicyclic) bond motifs is 1. The van der Waals surface area contributed by atoms with Crippen LogP contribution in [-0.2, 0) is 0 Å². The molecule has 0 aromatic heterocycles. The van der Waals surface area contributed by atoms with Crippen molar-refractivity contribution in [3.63, 3.8) is 0 Å². The van der Waals surface area contributed by atoms with Crippen LogP contribution in [0.3, 0.4) is 0 Å². The number of hydrogen-bond donors (Lipinski definition) is 1. The van der Waals surface area contributed by atoms with Crippen molar-refractivity contribution in [2.45, 2.75) is 12.1 Å². The second-order valence-corrected chi connectivity index (χ2v) is 4.39. The van der Waals surface area contributed by atoms with Crippen LogP contribution in [0, 0.1) is 0 Å². The van der Waals surface area contributed by atoms with Gasteiger partial charge in [0.05, 0.1) is 6.04 Å². The lowest BCUT2D eigenvalue weighted by Crippen LogP contribution is -2.46. The molecule has 0 amide bonds. The van der Waals surface area contributed by atoms with E-state index in [1.54, 1.807) is 0 Å². The lowest BCUT2D eigenvalue weighted by molar-refractivity contribution is 0.0135. The van der Waals surface area contributed by atoms with Crippen LogP contribution >= 0.6 is 0 Å². The van der Waals surface area contributed by atoms with Gasteiger partial charge >= 0.3 is 0 Å². The van der Waals surface area contributed by atoms with Gasteiger partial charge in [0.15, 0.2) is 0 Å². The zero-order valence-corrected chi connectivity index (χ0v) is 10.5. The molecule has 2 unspecified atom stereocenters. The minimum absolute atomic E-state index is 0.0594. The van der Waals surface area contributed by atoms with Gasteiger partial charge in [0.25, 0.3) is 0 Å². The predicted molar refractivity (Wildman–Crippen MR) is 72.7 cm³/mol. The lowest BCUT2D eigenvalue weighted by atomic mass is 9.98. The third-order valence-corrected chi connectivity index (χ3v) is 3.21. The first-order chi connectivity index (χ1) is 8.77. The van der Waals surface area contributed by atoms with E-state index in [1.807, 2.05) is 36.4 Å². The molecule has 1 aliphatic heterocycles. The Labute approximate surface area is 108 Å². The Bertz CT molecular complexity index is 420. The van der Waals surface area contributed by atoms with Crippen LogP contribution in [0.5, 0.6) is 5.75 Å². The fourth-order valence-electron chi connectivity index (χ4n) is 2.31. The van der Waals surface area contributed by atoms with Crippen molar-refractivity contribution in [2.24, 2.45) is 0 Å². The number of hydrogen-bond acceptors (Lipinski definition) is 3. The molecule has 2 rings (SSSR count). The molecular weight excluding hydrogens is 226 g/mol. The van der Waals surface area contributed by atoms with Gasteiger partial charge in [0.1, 0.15) is 18.5 Å². The van der Waals surface area contributed by atoms with Gasteiger partial charge in [0.2, 0.25) is 0 Å². The minimum Gasteiger partial charge on any atom is -0.491 e. The van der Waals surface area contributed by atoms with E-state index in [0.717, 1.165) is 11.3 Å². The summed E-state index contributed by atoms with van der Waals surface area (Å²) in [4.78, 5) is 2.11. The van der Waals surface area contributed by atoms with Gasteiger partial charge in [-0.15, -0.1) is 13.2 Å². The Morgan fingerprint density at radius 2 is 1.94 bits per heavy atom. The molecule has 0 saturated carbocycles. The van der Waals surface area contributed by atoms with Crippen LogP contribution in [-0.4, -0.2) is 35.7 Å². The first-order valence-corrected chi connectivity index (χ1v) is 6.13. The zero-order chi connectivity index (χ0) is 13.0. The van der Waals surface area contributed by atoms with Crippen molar-refractivity contribution >= 4 is 0 Å². The maximum atomic E-state index is 10.5. The fraction of sp³-hybridized carbons (Fsp3) is 0.333. The monoisotopic (exact) mass is 245 g/mol. The molecule has 1 aromatic carbocycles. The van der Waals surface area contributed by atoms with E-state index >= 15 is 0 Å². The van der Waals surface area contributed by atoms with Crippen molar-refractivity contribution in [3.05, 3.63) is 55.1 Å². The molecule has 3 nitrogen and oxygen atoms in total. The molecule has 0 aliphatic carbocycles. The van der Waals surface area contributed by atoms with Crippen molar-refractivity contribution < 1.29 is 9.84 Å². The van der Waals surface area contributed by atoms with Crippen LogP contribution in [0.4, 0.5) is 0 Å². The molecule has 0 saturated heterocycles. The Balaban J connectivity index is 2.21. The molecule has 0 fully saturated rings. The molecular formula is C15H19NO2. The van der Waals surface area contributed by atoms with Gasteiger partial charge in [0, 0.05) is 18.7 Å². The third-order valence-electron chi connectivity index (χ3n) is 3.21. The van der Waals surface area contributed by atoms with Gasteiger partial charge in [-0.1, -0.05) is 30.4 Å². The summed E-state index contributed by atoms with van der Waals surface area (Å²) in [5, 5.41) is 10.5. The van der Waals surface area contributed by atoms with Crippen molar-refractivity contribution in [1.82, 2.24) is 4.90 Å². The summed E-state index contributed by atoms with van der Waals surface area (Å²) in [7, 11) is 0. The topological polar surface area (TPSA) is 32.7 Å². The number of para-hydroxylation sites is 1. The van der Waals surface area contributed by atoms with Crippen molar-refractivity contribution in [3.8, 4) is 5.75 Å². The molecule has 1 aromatic rings. The summed E-state index contributed by atoms with van der Waals surface area (Å²) in [6, 6.07) is 7.57. The summed E-state index contributed by atoms with van der Waals surface area (Å²) in [6.07, 6.45) is 3.13. The molecule has 96 valence electrons. The normalized spacial score (nSPS) is 22.1. The molecule has 0 bridgehead atoms. The van der Waals surface area contributed by atoms with Gasteiger partial charge in [-0.25, -0.2) is 0 Å². The van der Waals surface area contributed by atoms with Crippen LogP contribution in [0.15, 0.2) is 49.6 Å². The summed E-state index contributed by atoms with van der Waals surface area (Å²) < 4.78 is 5.71. The van der Waals surface area contributed by atoms with Gasteiger partial charge < -0.3 is 9.84 Å². The SMILES string of the molecule is C=CCN(CC=C)C1COc2ccccc2C1O. The number of nitrogens with zero attached hydrogens (tertiary/aromatic N) is 1. The highest BCUT2D eigenvalue weighted by atomic mass is 16.5. The minimum atomic E-state index is -0.533. The standard InChI is InChI=1S/C15H19NO2/c1-3-9-16(10-4-2)13-11-18-14-8-6-5-7-12(14)15(13)17/h3-8,13,15,17H,1-2,9-11H2. The summed E-state index contributed by atoms with van der Waals surface area (Å²) in [6.45, 7) is 9.40. The first kappa shape index (κ1) is 12.9. The zero-order valence-electron chi connectivity index (χ0n) is 10.5.